The van der Waals surface area contributed by atoms with Crippen molar-refractivity contribution in [1.82, 2.24) is 4.31 Å². The first-order valence-electron chi connectivity index (χ1n) is 6.08. The van der Waals surface area contributed by atoms with Crippen LogP contribution in [-0.4, -0.2) is 52.5 Å². The molecule has 0 amide bonds. The lowest BCUT2D eigenvalue weighted by Crippen LogP contribution is -2.37. The van der Waals surface area contributed by atoms with Crippen LogP contribution in [0.1, 0.15) is 6.92 Å². The maximum absolute atomic E-state index is 12.6. The molecular weight excluding hydrogens is 332 g/mol. The summed E-state index contributed by atoms with van der Waals surface area (Å²) < 4.78 is 49.5. The van der Waals surface area contributed by atoms with Gasteiger partial charge < -0.3 is 5.73 Å². The topological polar surface area (TPSA) is 97.5 Å². The summed E-state index contributed by atoms with van der Waals surface area (Å²) in [6, 6.07) is 3.49. The van der Waals surface area contributed by atoms with Crippen molar-refractivity contribution in [3.63, 3.8) is 0 Å². The minimum atomic E-state index is -3.84. The third kappa shape index (κ3) is 4.12. The predicted octanol–water partition coefficient (Wildman–Crippen LogP) is 1.04. The van der Waals surface area contributed by atoms with E-state index in [4.69, 9.17) is 5.73 Å². The van der Waals surface area contributed by atoms with Gasteiger partial charge in [0.15, 0.2) is 9.84 Å². The van der Waals surface area contributed by atoms with Crippen LogP contribution < -0.4 is 5.73 Å². The summed E-state index contributed by atoms with van der Waals surface area (Å²) in [5.74, 6) is 0.626. The molecule has 2 N–H and O–H groups in total. The van der Waals surface area contributed by atoms with Gasteiger partial charge in [-0.05, 0) is 31.4 Å². The molecule has 0 aliphatic rings. The van der Waals surface area contributed by atoms with Gasteiger partial charge in [-0.3, -0.25) is 0 Å². The summed E-state index contributed by atoms with van der Waals surface area (Å²) in [6.07, 6.45) is 2.91. The molecule has 0 spiro atoms. The molecule has 1 unspecified atom stereocenters. The van der Waals surface area contributed by atoms with Crippen molar-refractivity contribution in [3.8, 4) is 0 Å². The molecule has 1 rings (SSSR count). The van der Waals surface area contributed by atoms with Crippen molar-refractivity contribution in [3.05, 3.63) is 18.2 Å². The molecule has 1 atom stereocenters. The molecule has 0 aliphatic heterocycles. The summed E-state index contributed by atoms with van der Waals surface area (Å²) in [4.78, 5) is -0.248. The smallest absolute Gasteiger partial charge is 0.245 e. The summed E-state index contributed by atoms with van der Waals surface area (Å²) in [7, 11) is -5.88. The van der Waals surface area contributed by atoms with Crippen LogP contribution in [0.3, 0.4) is 0 Å². The maximum atomic E-state index is 12.6. The zero-order valence-corrected chi connectivity index (χ0v) is 14.8. The fraction of sp³-hybridized carbons (Fsp3) is 0.500. The van der Waals surface area contributed by atoms with Crippen LogP contribution in [0.2, 0.25) is 0 Å². The molecule has 9 heteroatoms. The Morgan fingerprint density at radius 1 is 1.29 bits per heavy atom. The molecule has 0 bridgehead atoms. The molecule has 1 aromatic rings. The Labute approximate surface area is 130 Å². The monoisotopic (exact) mass is 352 g/mol. The highest BCUT2D eigenvalue weighted by atomic mass is 32.2. The molecule has 1 aromatic carbocycles. The Kier molecular flexibility index (Phi) is 5.70. The second kappa shape index (κ2) is 6.55. The van der Waals surface area contributed by atoms with Gasteiger partial charge in [0.05, 0.1) is 10.6 Å². The SMILES string of the molecule is CSCC(C)N(C)S(=O)(=O)c1cc(S(C)(=O)=O)ccc1N. The van der Waals surface area contributed by atoms with E-state index in [1.807, 2.05) is 6.26 Å². The van der Waals surface area contributed by atoms with Gasteiger partial charge >= 0.3 is 0 Å². The van der Waals surface area contributed by atoms with Gasteiger partial charge in [0.25, 0.3) is 0 Å². The van der Waals surface area contributed by atoms with Gasteiger partial charge in [-0.2, -0.15) is 16.1 Å². The van der Waals surface area contributed by atoms with Gasteiger partial charge in [0.1, 0.15) is 4.90 Å². The van der Waals surface area contributed by atoms with Crippen molar-refractivity contribution in [2.24, 2.45) is 0 Å². The lowest BCUT2D eigenvalue weighted by Gasteiger charge is -2.24. The van der Waals surface area contributed by atoms with Crippen molar-refractivity contribution in [1.29, 1.82) is 0 Å². The van der Waals surface area contributed by atoms with Gasteiger partial charge in [-0.25, -0.2) is 16.8 Å². The number of hydrogen-bond donors (Lipinski definition) is 1. The van der Waals surface area contributed by atoms with Crippen molar-refractivity contribution < 1.29 is 16.8 Å². The molecule has 0 aromatic heterocycles. The number of benzene rings is 1. The van der Waals surface area contributed by atoms with E-state index in [0.29, 0.717) is 5.75 Å². The Morgan fingerprint density at radius 2 is 1.86 bits per heavy atom. The Balaban J connectivity index is 3.38. The first-order chi connectivity index (χ1) is 9.51. The summed E-state index contributed by atoms with van der Waals surface area (Å²) in [5.41, 5.74) is 5.76. The van der Waals surface area contributed by atoms with Gasteiger partial charge in [-0.1, -0.05) is 0 Å². The number of nitrogen functional groups attached to an aromatic ring is 1. The molecule has 6 nitrogen and oxygen atoms in total. The van der Waals surface area contributed by atoms with Crippen molar-refractivity contribution >= 4 is 37.3 Å². The Bertz CT molecular complexity index is 714. The molecule has 120 valence electrons. The van der Waals surface area contributed by atoms with Gasteiger partial charge in [0.2, 0.25) is 10.0 Å². The van der Waals surface area contributed by atoms with E-state index in [-0.39, 0.29) is 21.5 Å². The summed E-state index contributed by atoms with van der Waals surface area (Å²) in [5, 5.41) is 0. The van der Waals surface area contributed by atoms with E-state index in [0.717, 1.165) is 12.3 Å². The lowest BCUT2D eigenvalue weighted by atomic mass is 10.3. The van der Waals surface area contributed by atoms with Gasteiger partial charge in [0, 0.05) is 25.1 Å². The van der Waals surface area contributed by atoms with Crippen LogP contribution in [-0.2, 0) is 19.9 Å². The van der Waals surface area contributed by atoms with Crippen LogP contribution in [0.15, 0.2) is 28.0 Å². The zero-order valence-electron chi connectivity index (χ0n) is 12.4. The second-order valence-electron chi connectivity index (χ2n) is 4.80. The average molecular weight is 353 g/mol. The maximum Gasteiger partial charge on any atom is 0.245 e. The van der Waals surface area contributed by atoms with Crippen molar-refractivity contribution in [2.75, 3.05) is 31.0 Å². The van der Waals surface area contributed by atoms with Crippen LogP contribution in [0.25, 0.3) is 0 Å². The van der Waals surface area contributed by atoms with E-state index in [1.54, 1.807) is 6.92 Å². The number of nitrogens with zero attached hydrogens (tertiary/aromatic N) is 1. The quantitative estimate of drug-likeness (QED) is 0.768. The van der Waals surface area contributed by atoms with E-state index in [1.165, 1.54) is 35.2 Å². The first-order valence-corrected chi connectivity index (χ1v) is 10.8. The summed E-state index contributed by atoms with van der Waals surface area (Å²) >= 11 is 1.53. The highest BCUT2D eigenvalue weighted by Gasteiger charge is 2.28. The van der Waals surface area contributed by atoms with Crippen LogP contribution in [0, 0.1) is 0 Å². The normalized spacial score (nSPS) is 14.3. The van der Waals surface area contributed by atoms with Crippen LogP contribution in [0.4, 0.5) is 5.69 Å². The lowest BCUT2D eigenvalue weighted by molar-refractivity contribution is 0.415. The van der Waals surface area contributed by atoms with Crippen LogP contribution in [0.5, 0.6) is 0 Å². The summed E-state index contributed by atoms with van der Waals surface area (Å²) in [6.45, 7) is 1.78. The second-order valence-corrected chi connectivity index (χ2v) is 9.69. The van der Waals surface area contributed by atoms with E-state index in [2.05, 4.69) is 0 Å². The zero-order chi connectivity index (χ0) is 16.4. The van der Waals surface area contributed by atoms with E-state index >= 15 is 0 Å². The average Bonchev–Trinajstić information content (AvgIpc) is 2.36. The highest BCUT2D eigenvalue weighted by molar-refractivity contribution is 7.98. The number of sulfonamides is 1. The fourth-order valence-electron chi connectivity index (χ4n) is 1.71. The minimum absolute atomic E-state index is 0.0330. The van der Waals surface area contributed by atoms with Crippen molar-refractivity contribution in [2.45, 2.75) is 22.8 Å². The number of nitrogens with two attached hydrogens (primary N) is 1. The molecule has 0 radical (unpaired) electrons. The third-order valence-corrected chi connectivity index (χ3v) is 7.05. The number of rotatable bonds is 6. The first kappa shape index (κ1) is 18.3. The van der Waals surface area contributed by atoms with Crippen LogP contribution >= 0.6 is 11.8 Å². The molecular formula is C12H20N2O4S3. The largest absolute Gasteiger partial charge is 0.398 e. The molecule has 0 fully saturated rings. The number of anilines is 1. The molecule has 0 saturated heterocycles. The molecule has 0 aliphatic carbocycles. The Hall–Kier alpha value is -0.770. The van der Waals surface area contributed by atoms with Gasteiger partial charge in [-0.15, -0.1) is 0 Å². The number of hydrogen-bond acceptors (Lipinski definition) is 6. The predicted molar refractivity (Wildman–Crippen MR) is 86.8 cm³/mol. The number of sulfone groups is 1. The molecule has 0 heterocycles. The Morgan fingerprint density at radius 3 is 2.33 bits per heavy atom. The highest BCUT2D eigenvalue weighted by Crippen LogP contribution is 2.26. The molecule has 21 heavy (non-hydrogen) atoms. The number of thioether (sulfide) groups is 1. The molecule has 0 saturated carbocycles. The third-order valence-electron chi connectivity index (χ3n) is 3.10. The van der Waals surface area contributed by atoms with E-state index < -0.39 is 19.9 Å². The minimum Gasteiger partial charge on any atom is -0.398 e. The fourth-order valence-corrected chi connectivity index (χ4v) is 4.73. The van der Waals surface area contributed by atoms with E-state index in [9.17, 15) is 16.8 Å². The standard InChI is InChI=1S/C12H20N2O4S3/c1-9(8-19-3)14(2)21(17,18)12-7-10(20(4,15)16)5-6-11(12)13/h5-7,9H,8,13H2,1-4H3.